The monoisotopic (exact) mass is 669 g/mol. The summed E-state index contributed by atoms with van der Waals surface area (Å²) in [6.07, 6.45) is 1.71. The largest absolute Gasteiger partial charge is 0.487 e. The molecule has 0 fully saturated rings. The summed E-state index contributed by atoms with van der Waals surface area (Å²) in [5.41, 5.74) is 8.20. The second-order valence-corrected chi connectivity index (χ2v) is 9.89. The summed E-state index contributed by atoms with van der Waals surface area (Å²) in [7, 11) is 0. The van der Waals surface area contributed by atoms with E-state index in [9.17, 15) is 20.2 Å². The van der Waals surface area contributed by atoms with Crippen molar-refractivity contribution in [2.24, 2.45) is 5.73 Å². The third-order valence-electron chi connectivity index (χ3n) is 5.46. The zero-order valence-corrected chi connectivity index (χ0v) is 21.5. The fourth-order valence-corrected chi connectivity index (χ4v) is 6.12. The predicted octanol–water partition coefficient (Wildman–Crippen LogP) is 5.20. The number of hydrogen-bond acceptors (Lipinski definition) is 7. The van der Waals surface area contributed by atoms with Gasteiger partial charge in [-0.2, -0.15) is 5.26 Å². The number of Topliss-reactive ketones (excluding diaryl/α,β-unsaturated/α-hetero) is 1. The molecule has 1 heterocycles. The van der Waals surface area contributed by atoms with Gasteiger partial charge in [-0.3, -0.25) is 14.9 Å². The Morgan fingerprint density at radius 3 is 2.64 bits per heavy atom. The van der Waals surface area contributed by atoms with Crippen LogP contribution in [0.25, 0.3) is 0 Å². The molecule has 0 aromatic heterocycles. The highest BCUT2D eigenvalue weighted by molar-refractivity contribution is 14.1. The summed E-state index contributed by atoms with van der Waals surface area (Å²) < 4.78 is 13.2. The van der Waals surface area contributed by atoms with Gasteiger partial charge in [0.25, 0.3) is 5.69 Å². The zero-order valence-electron chi connectivity index (χ0n) is 17.1. The number of carbonyl (C=O) groups is 1. The number of halogens is 2. The van der Waals surface area contributed by atoms with Crippen molar-refractivity contribution in [3.05, 3.63) is 87.6 Å². The third-order valence-corrected chi connectivity index (χ3v) is 7.07. The summed E-state index contributed by atoms with van der Waals surface area (Å²) in [5, 5.41) is 20.8. The second kappa shape index (κ2) is 9.68. The number of non-ortho nitro benzene ring substituents is 1. The van der Waals surface area contributed by atoms with Gasteiger partial charge >= 0.3 is 0 Å². The van der Waals surface area contributed by atoms with E-state index in [1.54, 1.807) is 12.1 Å². The first-order valence-corrected chi connectivity index (χ1v) is 12.1. The second-order valence-electron chi connectivity index (χ2n) is 7.57. The van der Waals surface area contributed by atoms with Gasteiger partial charge in [-0.05, 0) is 74.9 Å². The van der Waals surface area contributed by atoms with Crippen molar-refractivity contribution in [1.82, 2.24) is 0 Å². The fourth-order valence-electron chi connectivity index (χ4n) is 3.99. The molecule has 0 saturated heterocycles. The van der Waals surface area contributed by atoms with Gasteiger partial charge in [-0.25, -0.2) is 0 Å². The van der Waals surface area contributed by atoms with E-state index in [-0.39, 0.29) is 29.5 Å². The first-order valence-electron chi connectivity index (χ1n) is 9.99. The van der Waals surface area contributed by atoms with Crippen LogP contribution in [0.3, 0.4) is 0 Å². The van der Waals surface area contributed by atoms with Crippen molar-refractivity contribution in [2.75, 3.05) is 0 Å². The molecule has 4 rings (SSSR count). The van der Waals surface area contributed by atoms with Crippen LogP contribution in [-0.4, -0.2) is 10.7 Å². The number of nitrogens with two attached hydrogens (primary N) is 1. The molecule has 2 aromatic rings. The smallest absolute Gasteiger partial charge is 0.269 e. The van der Waals surface area contributed by atoms with Crippen LogP contribution >= 0.6 is 45.2 Å². The van der Waals surface area contributed by atoms with E-state index in [0.717, 1.165) is 12.7 Å². The highest BCUT2D eigenvalue weighted by atomic mass is 127. The van der Waals surface area contributed by atoms with Crippen molar-refractivity contribution in [3.8, 4) is 11.8 Å². The quantitative estimate of drug-likeness (QED) is 0.264. The van der Waals surface area contributed by atoms with Gasteiger partial charge in [-0.1, -0.05) is 12.1 Å². The number of benzene rings is 2. The Hall–Kier alpha value is -2.66. The minimum atomic E-state index is -0.584. The number of nitrogens with zero attached hydrogens (tertiary/aromatic N) is 2. The Morgan fingerprint density at radius 1 is 1.24 bits per heavy atom. The molecule has 0 unspecified atom stereocenters. The van der Waals surface area contributed by atoms with Crippen LogP contribution in [0.1, 0.15) is 36.3 Å². The third kappa shape index (κ3) is 4.70. The lowest BCUT2D eigenvalue weighted by atomic mass is 9.77. The number of allylic oxidation sites excluding steroid dienone is 3. The number of carbonyl (C=O) groups excluding carboxylic acids is 1. The van der Waals surface area contributed by atoms with E-state index in [4.69, 9.17) is 15.2 Å². The van der Waals surface area contributed by atoms with Crippen molar-refractivity contribution < 1.29 is 19.2 Å². The molecule has 0 amide bonds. The Kier molecular flexibility index (Phi) is 6.89. The van der Waals surface area contributed by atoms with Crippen molar-refractivity contribution in [2.45, 2.75) is 31.8 Å². The molecule has 1 aliphatic heterocycles. The predicted molar refractivity (Wildman–Crippen MR) is 136 cm³/mol. The fraction of sp³-hybridized carbons (Fsp3) is 0.217. The Morgan fingerprint density at radius 2 is 1.97 bits per heavy atom. The van der Waals surface area contributed by atoms with Crippen molar-refractivity contribution in [3.63, 3.8) is 0 Å². The minimum absolute atomic E-state index is 0.00463. The zero-order chi connectivity index (χ0) is 23.7. The molecule has 0 spiro atoms. The number of nitro benzene ring substituents is 1. The topological polar surface area (TPSA) is 128 Å². The molecule has 1 atom stereocenters. The van der Waals surface area contributed by atoms with Gasteiger partial charge in [0.2, 0.25) is 5.88 Å². The molecule has 0 saturated carbocycles. The molecule has 0 radical (unpaired) electrons. The molecule has 2 aromatic carbocycles. The summed E-state index contributed by atoms with van der Waals surface area (Å²) in [6, 6.07) is 12.2. The van der Waals surface area contributed by atoms with Gasteiger partial charge < -0.3 is 15.2 Å². The number of nitro groups is 1. The van der Waals surface area contributed by atoms with Crippen LogP contribution in [0.2, 0.25) is 0 Å². The Bertz CT molecular complexity index is 1260. The average Bonchev–Trinajstić information content (AvgIpc) is 2.77. The first-order chi connectivity index (χ1) is 15.8. The summed E-state index contributed by atoms with van der Waals surface area (Å²) in [5.74, 6) is 0.589. The Balaban J connectivity index is 1.67. The molecule has 1 aliphatic carbocycles. The molecule has 0 bridgehead atoms. The number of ether oxygens (including phenoxy) is 2. The van der Waals surface area contributed by atoms with E-state index >= 15 is 0 Å². The van der Waals surface area contributed by atoms with E-state index < -0.39 is 10.8 Å². The summed E-state index contributed by atoms with van der Waals surface area (Å²) >= 11 is 4.29. The molecular weight excluding hydrogens is 652 g/mol. The molecule has 2 aliphatic rings. The molecule has 168 valence electrons. The Labute approximate surface area is 216 Å². The number of nitriles is 1. The molecule has 2 N–H and O–H groups in total. The van der Waals surface area contributed by atoms with Gasteiger partial charge in [0.1, 0.15) is 29.8 Å². The van der Waals surface area contributed by atoms with Gasteiger partial charge in [-0.15, -0.1) is 0 Å². The van der Waals surface area contributed by atoms with Crippen LogP contribution in [0, 0.1) is 28.6 Å². The minimum Gasteiger partial charge on any atom is -0.487 e. The number of ketones is 1. The number of rotatable bonds is 5. The molecule has 33 heavy (non-hydrogen) atoms. The maximum Gasteiger partial charge on any atom is 0.269 e. The highest BCUT2D eigenvalue weighted by Crippen LogP contribution is 2.45. The van der Waals surface area contributed by atoms with E-state index in [0.29, 0.717) is 41.9 Å². The lowest BCUT2D eigenvalue weighted by Gasteiger charge is -2.31. The molecular formula is C23H17I2N3O5. The van der Waals surface area contributed by atoms with Crippen LogP contribution in [0.5, 0.6) is 5.75 Å². The first kappa shape index (κ1) is 23.5. The number of hydrogen-bond donors (Lipinski definition) is 1. The maximum atomic E-state index is 12.8. The van der Waals surface area contributed by atoms with Crippen molar-refractivity contribution >= 4 is 56.7 Å². The maximum absolute atomic E-state index is 12.8. The van der Waals surface area contributed by atoms with Crippen LogP contribution in [0.15, 0.2) is 59.2 Å². The van der Waals surface area contributed by atoms with Gasteiger partial charge in [0, 0.05) is 30.5 Å². The highest BCUT2D eigenvalue weighted by Gasteiger charge is 2.38. The van der Waals surface area contributed by atoms with Crippen molar-refractivity contribution in [1.29, 1.82) is 5.26 Å². The summed E-state index contributed by atoms with van der Waals surface area (Å²) in [6.45, 7) is 0.161. The van der Waals surface area contributed by atoms with E-state index in [1.165, 1.54) is 12.1 Å². The standard InChI is InChI=1S/C23H17I2N3O5/c24-16-8-13(20-15(10-26)23(27)33-19-6-2-5-18(29)21(19)20)9-17(25)22(16)32-11-12-3-1-4-14(7-12)28(30)31/h1,3-4,7-9,20H,2,5-6,11,27H2/t20-/m0/s1. The molecule has 8 nitrogen and oxygen atoms in total. The van der Waals surface area contributed by atoms with Crippen LogP contribution < -0.4 is 10.5 Å². The molecule has 10 heteroatoms. The average molecular weight is 669 g/mol. The van der Waals surface area contributed by atoms with E-state index in [1.807, 2.05) is 12.1 Å². The lowest BCUT2D eigenvalue weighted by Crippen LogP contribution is -2.27. The SMILES string of the molecule is N#CC1=C(N)OC2=C(C(=O)CCC2)[C@H]1c1cc(I)c(OCc2cccc([N+](=O)[O-])c2)c(I)c1. The van der Waals surface area contributed by atoms with Gasteiger partial charge in [0.15, 0.2) is 5.78 Å². The normalized spacial score (nSPS) is 17.8. The van der Waals surface area contributed by atoms with Crippen LogP contribution in [-0.2, 0) is 16.1 Å². The summed E-state index contributed by atoms with van der Waals surface area (Å²) in [4.78, 5) is 23.3. The lowest BCUT2D eigenvalue weighted by molar-refractivity contribution is -0.384. The van der Waals surface area contributed by atoms with Gasteiger partial charge in [0.05, 0.1) is 18.0 Å². The van der Waals surface area contributed by atoms with E-state index in [2.05, 4.69) is 51.3 Å². The van der Waals surface area contributed by atoms with Crippen LogP contribution in [0.4, 0.5) is 5.69 Å².